The molecule has 2 N–H and O–H groups in total. The number of amides is 3. The zero-order chi connectivity index (χ0) is 18.9. The molecule has 3 amide bonds. The average Bonchev–Trinajstić information content (AvgIpc) is 2.89. The molecule has 3 atom stereocenters. The fourth-order valence-electron chi connectivity index (χ4n) is 4.05. The normalized spacial score (nSPS) is 22.4. The molecule has 1 saturated carbocycles. The number of aliphatic hydroxyl groups excluding tert-OH is 1. The first-order valence-corrected chi connectivity index (χ1v) is 11.3. The minimum Gasteiger partial charge on any atom is -0.596 e. The van der Waals surface area contributed by atoms with E-state index in [4.69, 9.17) is 0 Å². The molecule has 0 aromatic carbocycles. The van der Waals surface area contributed by atoms with Gasteiger partial charge in [0.25, 0.3) is 5.91 Å². The van der Waals surface area contributed by atoms with E-state index in [1.807, 2.05) is 0 Å². The molecule has 0 radical (unpaired) electrons. The van der Waals surface area contributed by atoms with E-state index < -0.39 is 20.2 Å². The van der Waals surface area contributed by atoms with Gasteiger partial charge in [-0.1, -0.05) is 36.7 Å². The minimum absolute atomic E-state index is 0. The average molecular weight is 409 g/mol. The van der Waals surface area contributed by atoms with Gasteiger partial charge in [0.05, 0.1) is 6.10 Å². The standard InChI is InChI=1S/C18H31N2O5P.Na/c21-16(14-8-4-3-5-9-14)11-12-20-15(17(22)19-18(20)23)10-6-1-2-7-13-26(24)25;/h14-16,21H,1-13H2,(H,19,22,23);/q;+1. The maximum Gasteiger partial charge on any atom is 1.00 e. The molecule has 0 aromatic rings. The van der Waals surface area contributed by atoms with Crippen LogP contribution in [0.4, 0.5) is 4.79 Å². The molecule has 1 saturated heterocycles. The van der Waals surface area contributed by atoms with Gasteiger partial charge < -0.3 is 14.9 Å². The van der Waals surface area contributed by atoms with E-state index in [2.05, 4.69) is 5.32 Å². The smallest absolute Gasteiger partial charge is 0.596 e. The molecule has 2 fully saturated rings. The van der Waals surface area contributed by atoms with Crippen LogP contribution in [-0.4, -0.2) is 46.8 Å². The molecule has 9 heteroatoms. The van der Waals surface area contributed by atoms with Crippen LogP contribution in [-0.2, 0) is 9.36 Å². The first-order chi connectivity index (χ1) is 12.5. The number of rotatable bonds is 11. The molecular weight excluding hydrogens is 378 g/mol. The SMILES string of the molecule is O=C1NC(=O)N(CCC(O)C2CCCCC2)C1CCCCCC[P+](=O)[O-].[Na+]. The molecule has 27 heavy (non-hydrogen) atoms. The summed E-state index contributed by atoms with van der Waals surface area (Å²) in [6, 6.07) is -0.823. The molecular formula is C18H31N2NaO5P+. The van der Waals surface area contributed by atoms with Crippen LogP contribution in [0.3, 0.4) is 0 Å². The quantitative estimate of drug-likeness (QED) is 0.203. The number of unbranched alkanes of at least 4 members (excludes halogenated alkanes) is 3. The Morgan fingerprint density at radius 3 is 2.48 bits per heavy atom. The second-order valence-corrected chi connectivity index (χ2v) is 8.63. The van der Waals surface area contributed by atoms with Crippen LogP contribution in [0.1, 0.15) is 70.6 Å². The van der Waals surface area contributed by atoms with Gasteiger partial charge in [-0.3, -0.25) is 10.1 Å². The zero-order valence-corrected chi connectivity index (χ0v) is 19.3. The summed E-state index contributed by atoms with van der Waals surface area (Å²) in [5.41, 5.74) is 0. The van der Waals surface area contributed by atoms with Gasteiger partial charge in [0.2, 0.25) is 0 Å². The largest absolute Gasteiger partial charge is 1.00 e. The van der Waals surface area contributed by atoms with Crippen LogP contribution < -0.4 is 39.8 Å². The maximum absolute atomic E-state index is 12.0. The van der Waals surface area contributed by atoms with Gasteiger partial charge in [0.1, 0.15) is 12.2 Å². The Morgan fingerprint density at radius 2 is 1.81 bits per heavy atom. The van der Waals surface area contributed by atoms with Gasteiger partial charge in [-0.2, -0.15) is 0 Å². The Kier molecular flexibility index (Phi) is 12.3. The van der Waals surface area contributed by atoms with Gasteiger partial charge in [-0.25, -0.2) is 4.79 Å². The second kappa shape index (κ2) is 13.2. The number of urea groups is 1. The predicted molar refractivity (Wildman–Crippen MR) is 96.8 cm³/mol. The fraction of sp³-hybridized carbons (Fsp3) is 0.889. The monoisotopic (exact) mass is 409 g/mol. The summed E-state index contributed by atoms with van der Waals surface area (Å²) < 4.78 is 10.5. The Labute approximate surface area is 184 Å². The summed E-state index contributed by atoms with van der Waals surface area (Å²) >= 11 is 0. The number of carbonyl (C=O) groups excluding carboxylic acids is 2. The van der Waals surface area contributed by atoms with Crippen molar-refractivity contribution in [3.8, 4) is 0 Å². The van der Waals surface area contributed by atoms with Crippen molar-refractivity contribution in [2.75, 3.05) is 12.7 Å². The van der Waals surface area contributed by atoms with Crippen molar-refractivity contribution in [1.29, 1.82) is 0 Å². The van der Waals surface area contributed by atoms with E-state index in [0.717, 1.165) is 44.9 Å². The van der Waals surface area contributed by atoms with Crippen LogP contribution in [0, 0.1) is 5.92 Å². The van der Waals surface area contributed by atoms with Crippen LogP contribution in [0.2, 0.25) is 0 Å². The van der Waals surface area contributed by atoms with Crippen molar-refractivity contribution in [2.24, 2.45) is 5.92 Å². The topological polar surface area (TPSA) is 110 Å². The summed E-state index contributed by atoms with van der Waals surface area (Å²) in [5, 5.41) is 12.8. The van der Waals surface area contributed by atoms with Crippen molar-refractivity contribution in [3.63, 3.8) is 0 Å². The molecule has 0 bridgehead atoms. The number of aliphatic hydroxyl groups is 1. The molecule has 2 aliphatic rings. The Bertz CT molecular complexity index is 502. The molecule has 7 nitrogen and oxygen atoms in total. The molecule has 3 unspecified atom stereocenters. The molecule has 0 aromatic heterocycles. The molecule has 0 spiro atoms. The van der Waals surface area contributed by atoms with Gasteiger partial charge >= 0.3 is 43.6 Å². The second-order valence-electron chi connectivity index (χ2n) is 7.52. The summed E-state index contributed by atoms with van der Waals surface area (Å²) in [6.07, 6.45) is 9.63. The predicted octanol–water partition coefficient (Wildman–Crippen LogP) is -0.705. The number of carbonyl (C=O) groups is 2. The third kappa shape index (κ3) is 8.46. The Hall–Kier alpha value is -0.0400. The van der Waals surface area contributed by atoms with Gasteiger partial charge in [-0.05, 0) is 44.4 Å². The molecule has 1 heterocycles. The van der Waals surface area contributed by atoms with Gasteiger partial charge in [0.15, 0.2) is 0 Å². The van der Waals surface area contributed by atoms with E-state index in [1.165, 1.54) is 6.42 Å². The molecule has 1 aliphatic carbocycles. The molecule has 2 rings (SSSR count). The third-order valence-electron chi connectivity index (χ3n) is 5.60. The van der Waals surface area contributed by atoms with E-state index in [9.17, 15) is 24.2 Å². The van der Waals surface area contributed by atoms with E-state index in [1.54, 1.807) is 4.90 Å². The van der Waals surface area contributed by atoms with E-state index >= 15 is 0 Å². The van der Waals surface area contributed by atoms with E-state index in [0.29, 0.717) is 31.7 Å². The van der Waals surface area contributed by atoms with Crippen molar-refractivity contribution < 1.29 is 53.7 Å². The first kappa shape index (κ1) is 25.0. The summed E-state index contributed by atoms with van der Waals surface area (Å²) in [5.74, 6) is 0.0564. The van der Waals surface area contributed by atoms with Crippen LogP contribution in [0.5, 0.6) is 0 Å². The molecule has 148 valence electrons. The number of imide groups is 1. The Morgan fingerprint density at radius 1 is 1.15 bits per heavy atom. The number of nitrogens with zero attached hydrogens (tertiary/aromatic N) is 1. The van der Waals surface area contributed by atoms with Crippen LogP contribution in [0.15, 0.2) is 0 Å². The first-order valence-electron chi connectivity index (χ1n) is 9.90. The number of hydrogen-bond donors (Lipinski definition) is 2. The van der Waals surface area contributed by atoms with Crippen molar-refractivity contribution in [2.45, 2.75) is 82.8 Å². The Balaban J connectivity index is 0.00000364. The third-order valence-corrected chi connectivity index (χ3v) is 6.28. The van der Waals surface area contributed by atoms with Gasteiger partial charge in [0, 0.05) is 6.54 Å². The minimum atomic E-state index is -2.31. The summed E-state index contributed by atoms with van der Waals surface area (Å²) in [7, 11) is -2.31. The van der Waals surface area contributed by atoms with E-state index in [-0.39, 0.29) is 47.7 Å². The van der Waals surface area contributed by atoms with Crippen LogP contribution in [0.25, 0.3) is 0 Å². The van der Waals surface area contributed by atoms with Crippen LogP contribution >= 0.6 is 8.03 Å². The number of hydrogen-bond acceptors (Lipinski definition) is 5. The van der Waals surface area contributed by atoms with Crippen molar-refractivity contribution in [1.82, 2.24) is 10.2 Å². The summed E-state index contributed by atoms with van der Waals surface area (Å²) in [6.45, 7) is 0.399. The summed E-state index contributed by atoms with van der Waals surface area (Å²) in [4.78, 5) is 36.2. The zero-order valence-electron chi connectivity index (χ0n) is 16.4. The maximum atomic E-state index is 12.0. The van der Waals surface area contributed by atoms with Crippen molar-refractivity contribution >= 4 is 20.0 Å². The van der Waals surface area contributed by atoms with Gasteiger partial charge in [-0.15, -0.1) is 0 Å². The molecule has 1 aliphatic heterocycles. The number of nitrogens with one attached hydrogen (secondary N) is 1. The fourth-order valence-corrected chi connectivity index (χ4v) is 4.53. The van der Waals surface area contributed by atoms with Crippen molar-refractivity contribution in [3.05, 3.63) is 0 Å².